The van der Waals surface area contributed by atoms with Crippen molar-refractivity contribution >= 4 is 21.7 Å². The monoisotopic (exact) mass is 265 g/mol. The van der Waals surface area contributed by atoms with Gasteiger partial charge in [-0.1, -0.05) is 0 Å². The third kappa shape index (κ3) is 2.59. The van der Waals surface area contributed by atoms with E-state index in [0.717, 1.165) is 22.5 Å². The van der Waals surface area contributed by atoms with Gasteiger partial charge in [0.2, 0.25) is 0 Å². The first-order chi connectivity index (χ1) is 7.25. The number of nitrogens with zero attached hydrogens (tertiary/aromatic N) is 1. The topological polar surface area (TPSA) is 40.7 Å². The van der Waals surface area contributed by atoms with Crippen LogP contribution in [0.3, 0.4) is 0 Å². The Morgan fingerprint density at radius 1 is 1.40 bits per heavy atom. The molecule has 2 aromatic heterocycles. The highest BCUT2D eigenvalue weighted by atomic mass is 79.9. The second-order valence-corrected chi connectivity index (χ2v) is 4.19. The molecule has 2 aromatic rings. The molecule has 2 N–H and O–H groups in total. The number of hydrogen-bond donors (Lipinski definition) is 2. The minimum absolute atomic E-state index is 0.789. The highest BCUT2D eigenvalue weighted by molar-refractivity contribution is 9.10. The molecule has 0 aliphatic carbocycles. The van der Waals surface area contributed by atoms with Gasteiger partial charge >= 0.3 is 0 Å². The predicted octanol–water partition coefficient (Wildman–Crippen LogP) is 3.09. The van der Waals surface area contributed by atoms with Crippen LogP contribution in [-0.2, 0) is 6.54 Å². The number of rotatable bonds is 3. The Kier molecular flexibility index (Phi) is 3.06. The molecule has 3 nitrogen and oxygen atoms in total. The van der Waals surface area contributed by atoms with Crippen LogP contribution in [0.2, 0.25) is 0 Å². The van der Waals surface area contributed by atoms with Crippen molar-refractivity contribution in [2.45, 2.75) is 13.5 Å². The minimum Gasteiger partial charge on any atom is -0.367 e. The average Bonchev–Trinajstić information content (AvgIpc) is 2.73. The molecule has 2 heterocycles. The first kappa shape index (κ1) is 10.2. The molecule has 0 unspecified atom stereocenters. The van der Waals surface area contributed by atoms with Crippen LogP contribution in [0.15, 0.2) is 35.1 Å². The summed E-state index contributed by atoms with van der Waals surface area (Å²) in [7, 11) is 0. The molecule has 2 rings (SSSR count). The molecule has 15 heavy (non-hydrogen) atoms. The van der Waals surface area contributed by atoms with Crippen molar-refractivity contribution in [2.75, 3.05) is 5.32 Å². The highest BCUT2D eigenvalue weighted by Gasteiger charge is 1.98. The molecule has 4 heteroatoms. The number of aromatic amines is 1. The van der Waals surface area contributed by atoms with Gasteiger partial charge < -0.3 is 10.3 Å². The van der Waals surface area contributed by atoms with Gasteiger partial charge in [-0.2, -0.15) is 0 Å². The van der Waals surface area contributed by atoms with Gasteiger partial charge in [0.15, 0.2) is 0 Å². The van der Waals surface area contributed by atoms with Crippen LogP contribution in [0.4, 0.5) is 5.82 Å². The highest BCUT2D eigenvalue weighted by Crippen LogP contribution is 2.16. The lowest BCUT2D eigenvalue weighted by atomic mass is 10.3. The van der Waals surface area contributed by atoms with Crippen molar-refractivity contribution in [2.24, 2.45) is 0 Å². The molecule has 0 spiro atoms. The maximum Gasteiger partial charge on any atom is 0.126 e. The minimum atomic E-state index is 0.789. The van der Waals surface area contributed by atoms with E-state index >= 15 is 0 Å². The number of anilines is 1. The summed E-state index contributed by atoms with van der Waals surface area (Å²) in [6.07, 6.45) is 3.88. The van der Waals surface area contributed by atoms with Crippen LogP contribution in [0.25, 0.3) is 0 Å². The number of H-pyrrole nitrogens is 1. The van der Waals surface area contributed by atoms with Crippen LogP contribution in [0.5, 0.6) is 0 Å². The SMILES string of the molecule is Cc1nc(NCc2cc[nH]c2)ccc1Br. The molecular formula is C11H12BrN3. The molecule has 0 aliphatic heterocycles. The Morgan fingerprint density at radius 2 is 2.27 bits per heavy atom. The third-order valence-electron chi connectivity index (χ3n) is 2.16. The third-order valence-corrected chi connectivity index (χ3v) is 3.00. The fourth-order valence-electron chi connectivity index (χ4n) is 1.30. The summed E-state index contributed by atoms with van der Waals surface area (Å²) in [6, 6.07) is 6.00. The smallest absolute Gasteiger partial charge is 0.126 e. The van der Waals surface area contributed by atoms with Gasteiger partial charge in [0.05, 0.1) is 5.69 Å². The molecule has 0 saturated heterocycles. The number of nitrogens with one attached hydrogen (secondary N) is 2. The molecule has 78 valence electrons. The quantitative estimate of drug-likeness (QED) is 0.896. The lowest BCUT2D eigenvalue weighted by molar-refractivity contribution is 1.09. The number of halogens is 1. The normalized spacial score (nSPS) is 10.3. The maximum absolute atomic E-state index is 4.40. The van der Waals surface area contributed by atoms with E-state index in [1.54, 1.807) is 0 Å². The van der Waals surface area contributed by atoms with Gasteiger partial charge in [-0.25, -0.2) is 4.98 Å². The fraction of sp³-hybridized carbons (Fsp3) is 0.182. The molecular weight excluding hydrogens is 254 g/mol. The van der Waals surface area contributed by atoms with Crippen molar-refractivity contribution in [3.05, 3.63) is 46.3 Å². The predicted molar refractivity (Wildman–Crippen MR) is 64.8 cm³/mol. The van der Waals surface area contributed by atoms with E-state index in [0.29, 0.717) is 0 Å². The standard InChI is InChI=1S/C11H12BrN3/c1-8-10(12)2-3-11(15-8)14-7-9-4-5-13-6-9/h2-6,13H,7H2,1H3,(H,14,15). The fourth-order valence-corrected chi connectivity index (χ4v) is 1.52. The Bertz CT molecular complexity index is 437. The molecule has 0 amide bonds. The number of aromatic nitrogens is 2. The van der Waals surface area contributed by atoms with Gasteiger partial charge in [-0.15, -0.1) is 0 Å². The number of pyridine rings is 1. The average molecular weight is 266 g/mol. The van der Waals surface area contributed by atoms with Crippen LogP contribution >= 0.6 is 15.9 Å². The van der Waals surface area contributed by atoms with E-state index in [1.807, 2.05) is 37.5 Å². The first-order valence-corrected chi connectivity index (χ1v) is 5.54. The summed E-state index contributed by atoms with van der Waals surface area (Å²) in [5, 5.41) is 3.26. The van der Waals surface area contributed by atoms with Gasteiger partial charge in [0.25, 0.3) is 0 Å². The summed E-state index contributed by atoms with van der Waals surface area (Å²) in [5.41, 5.74) is 2.21. The van der Waals surface area contributed by atoms with Crippen LogP contribution in [0.1, 0.15) is 11.3 Å². The summed E-state index contributed by atoms with van der Waals surface area (Å²) in [4.78, 5) is 7.42. The van der Waals surface area contributed by atoms with E-state index < -0.39 is 0 Å². The van der Waals surface area contributed by atoms with Gasteiger partial charge in [0, 0.05) is 23.4 Å². The van der Waals surface area contributed by atoms with Crippen molar-refractivity contribution in [3.63, 3.8) is 0 Å². The van der Waals surface area contributed by atoms with E-state index in [9.17, 15) is 0 Å². The van der Waals surface area contributed by atoms with Gasteiger partial charge in [0.1, 0.15) is 5.82 Å². The summed E-state index contributed by atoms with van der Waals surface area (Å²) < 4.78 is 1.04. The van der Waals surface area contributed by atoms with Crippen molar-refractivity contribution in [3.8, 4) is 0 Å². The Labute approximate surface area is 97.1 Å². The Hall–Kier alpha value is -1.29. The number of aryl methyl sites for hydroxylation is 1. The summed E-state index contributed by atoms with van der Waals surface area (Å²) in [5.74, 6) is 0.900. The van der Waals surface area contributed by atoms with Gasteiger partial charge in [-0.05, 0) is 46.6 Å². The largest absolute Gasteiger partial charge is 0.367 e. The van der Waals surface area contributed by atoms with Crippen LogP contribution in [0, 0.1) is 6.92 Å². The summed E-state index contributed by atoms with van der Waals surface area (Å²) >= 11 is 3.42. The van der Waals surface area contributed by atoms with Crippen molar-refractivity contribution in [1.82, 2.24) is 9.97 Å². The van der Waals surface area contributed by atoms with Gasteiger partial charge in [-0.3, -0.25) is 0 Å². The van der Waals surface area contributed by atoms with E-state index in [2.05, 4.69) is 31.2 Å². The second kappa shape index (κ2) is 4.49. The van der Waals surface area contributed by atoms with Crippen molar-refractivity contribution < 1.29 is 0 Å². The zero-order chi connectivity index (χ0) is 10.7. The van der Waals surface area contributed by atoms with Crippen molar-refractivity contribution in [1.29, 1.82) is 0 Å². The molecule has 0 aliphatic rings. The van der Waals surface area contributed by atoms with E-state index in [1.165, 1.54) is 5.56 Å². The molecule has 0 saturated carbocycles. The van der Waals surface area contributed by atoms with E-state index in [4.69, 9.17) is 0 Å². The lowest BCUT2D eigenvalue weighted by Gasteiger charge is -2.05. The molecule has 0 radical (unpaired) electrons. The molecule has 0 atom stereocenters. The first-order valence-electron chi connectivity index (χ1n) is 4.74. The summed E-state index contributed by atoms with van der Waals surface area (Å²) in [6.45, 7) is 2.77. The maximum atomic E-state index is 4.40. The second-order valence-electron chi connectivity index (χ2n) is 3.34. The zero-order valence-corrected chi connectivity index (χ0v) is 10.0. The number of hydrogen-bond acceptors (Lipinski definition) is 2. The molecule has 0 aromatic carbocycles. The molecule has 0 fully saturated rings. The Morgan fingerprint density at radius 3 is 2.93 bits per heavy atom. The zero-order valence-electron chi connectivity index (χ0n) is 8.42. The van der Waals surface area contributed by atoms with Crippen LogP contribution in [-0.4, -0.2) is 9.97 Å². The van der Waals surface area contributed by atoms with Crippen LogP contribution < -0.4 is 5.32 Å². The van der Waals surface area contributed by atoms with E-state index in [-0.39, 0.29) is 0 Å². The lowest BCUT2D eigenvalue weighted by Crippen LogP contribution is -2.01. The molecule has 0 bridgehead atoms. The Balaban J connectivity index is 2.02.